The highest BCUT2D eigenvalue weighted by Gasteiger charge is 2.05. The molecule has 156 valence electrons. The van der Waals surface area contributed by atoms with Gasteiger partial charge in [0.1, 0.15) is 11.4 Å². The minimum Gasteiger partial charge on any atom is -0.496 e. The van der Waals surface area contributed by atoms with Crippen molar-refractivity contribution in [3.05, 3.63) is 65.6 Å². The number of aryl methyl sites for hydroxylation is 1. The summed E-state index contributed by atoms with van der Waals surface area (Å²) in [6.45, 7) is 6.48. The third-order valence-corrected chi connectivity index (χ3v) is 4.52. The van der Waals surface area contributed by atoms with Gasteiger partial charge < -0.3 is 19.8 Å². The van der Waals surface area contributed by atoms with Crippen LogP contribution in [0, 0.1) is 6.92 Å². The van der Waals surface area contributed by atoms with Gasteiger partial charge in [0.05, 0.1) is 12.8 Å². The van der Waals surface area contributed by atoms with E-state index in [1.807, 2.05) is 34.9 Å². The van der Waals surface area contributed by atoms with Crippen LogP contribution in [0.25, 0.3) is 5.65 Å². The fourth-order valence-electron chi connectivity index (χ4n) is 3.15. The number of rotatable bonds is 8. The van der Waals surface area contributed by atoms with Gasteiger partial charge in [0.25, 0.3) is 0 Å². The molecule has 0 saturated carbocycles. The van der Waals surface area contributed by atoms with Crippen LogP contribution in [0.1, 0.15) is 23.7 Å². The Kier molecular flexibility index (Phi) is 9.24. The minimum atomic E-state index is 0. The molecule has 0 radical (unpaired) electrons. The molecule has 3 aromatic rings. The van der Waals surface area contributed by atoms with Crippen molar-refractivity contribution in [3.8, 4) is 5.75 Å². The van der Waals surface area contributed by atoms with Gasteiger partial charge in [-0.2, -0.15) is 0 Å². The molecule has 0 aliphatic carbocycles. The van der Waals surface area contributed by atoms with Crippen LogP contribution in [0.3, 0.4) is 0 Å². The standard InChI is InChI=1S/C22H29N5O.HI/c1-4-23-22(24-12-10-18-15-17(2)8-9-20(18)28-3)25-13-11-19-16-27-14-6-5-7-21(27)26-19;/h5-9,14-16H,4,10-13H2,1-3H3,(H2,23,24,25);1H. The van der Waals surface area contributed by atoms with Gasteiger partial charge in [0.15, 0.2) is 5.96 Å². The van der Waals surface area contributed by atoms with Crippen molar-refractivity contribution in [3.63, 3.8) is 0 Å². The molecule has 1 aromatic carbocycles. The summed E-state index contributed by atoms with van der Waals surface area (Å²) in [5.74, 6) is 1.76. The third-order valence-electron chi connectivity index (χ3n) is 4.52. The highest BCUT2D eigenvalue weighted by atomic mass is 127. The number of nitrogens with one attached hydrogen (secondary N) is 2. The normalized spacial score (nSPS) is 11.2. The smallest absolute Gasteiger partial charge is 0.191 e. The van der Waals surface area contributed by atoms with Crippen LogP contribution in [-0.2, 0) is 12.8 Å². The Balaban J connectivity index is 0.00000300. The van der Waals surface area contributed by atoms with Gasteiger partial charge in [-0.25, -0.2) is 4.98 Å². The van der Waals surface area contributed by atoms with Crippen LogP contribution in [0.4, 0.5) is 0 Å². The summed E-state index contributed by atoms with van der Waals surface area (Å²) in [6, 6.07) is 12.3. The maximum atomic E-state index is 5.46. The molecule has 0 aliphatic rings. The molecular formula is C22H30IN5O. The van der Waals surface area contributed by atoms with E-state index in [2.05, 4.69) is 52.8 Å². The highest BCUT2D eigenvalue weighted by molar-refractivity contribution is 14.0. The zero-order valence-corrected chi connectivity index (χ0v) is 19.6. The van der Waals surface area contributed by atoms with Gasteiger partial charge in [-0.05, 0) is 44.0 Å². The topological polar surface area (TPSA) is 63.0 Å². The van der Waals surface area contributed by atoms with E-state index in [-0.39, 0.29) is 24.0 Å². The average Bonchev–Trinajstić information content (AvgIpc) is 3.11. The van der Waals surface area contributed by atoms with Crippen molar-refractivity contribution in [1.29, 1.82) is 0 Å². The summed E-state index contributed by atoms with van der Waals surface area (Å²) in [4.78, 5) is 9.31. The number of methoxy groups -OCH3 is 1. The summed E-state index contributed by atoms with van der Waals surface area (Å²) < 4.78 is 7.50. The second-order valence-corrected chi connectivity index (χ2v) is 6.70. The monoisotopic (exact) mass is 507 g/mol. The largest absolute Gasteiger partial charge is 0.496 e. The average molecular weight is 507 g/mol. The Morgan fingerprint density at radius 3 is 2.79 bits per heavy atom. The lowest BCUT2D eigenvalue weighted by molar-refractivity contribution is 0.409. The molecule has 0 bridgehead atoms. The number of fused-ring (bicyclic) bond motifs is 1. The van der Waals surface area contributed by atoms with Crippen molar-refractivity contribution >= 4 is 35.6 Å². The number of aliphatic imine (C=N–C) groups is 1. The Labute approximate surface area is 189 Å². The van der Waals surface area contributed by atoms with Crippen LogP contribution in [0.15, 0.2) is 53.8 Å². The van der Waals surface area contributed by atoms with Crippen LogP contribution in [0.5, 0.6) is 5.75 Å². The zero-order chi connectivity index (χ0) is 19.8. The highest BCUT2D eigenvalue weighted by Crippen LogP contribution is 2.19. The maximum Gasteiger partial charge on any atom is 0.191 e. The summed E-state index contributed by atoms with van der Waals surface area (Å²) in [7, 11) is 1.71. The van der Waals surface area contributed by atoms with E-state index >= 15 is 0 Å². The summed E-state index contributed by atoms with van der Waals surface area (Å²) in [5.41, 5.74) is 4.47. The molecule has 0 aliphatic heterocycles. The van der Waals surface area contributed by atoms with Crippen molar-refractivity contribution in [1.82, 2.24) is 20.0 Å². The maximum absolute atomic E-state index is 5.46. The van der Waals surface area contributed by atoms with Crippen molar-refractivity contribution in [2.24, 2.45) is 4.99 Å². The number of benzene rings is 1. The van der Waals surface area contributed by atoms with Gasteiger partial charge in [0.2, 0.25) is 0 Å². The second kappa shape index (κ2) is 11.6. The summed E-state index contributed by atoms with van der Waals surface area (Å²) in [6.07, 6.45) is 5.77. The first-order valence-electron chi connectivity index (χ1n) is 9.78. The van der Waals surface area contributed by atoms with Gasteiger partial charge >= 0.3 is 0 Å². The molecule has 0 atom stereocenters. The second-order valence-electron chi connectivity index (χ2n) is 6.70. The number of hydrogen-bond donors (Lipinski definition) is 2. The van der Waals surface area contributed by atoms with Gasteiger partial charge in [-0.3, -0.25) is 4.99 Å². The third kappa shape index (κ3) is 6.62. The summed E-state index contributed by atoms with van der Waals surface area (Å²) >= 11 is 0. The number of pyridine rings is 1. The number of guanidine groups is 1. The van der Waals surface area contributed by atoms with Gasteiger partial charge in [0, 0.05) is 38.4 Å². The van der Waals surface area contributed by atoms with Crippen molar-refractivity contribution in [2.45, 2.75) is 26.7 Å². The van der Waals surface area contributed by atoms with Crippen LogP contribution < -0.4 is 15.4 Å². The minimum absolute atomic E-state index is 0. The lowest BCUT2D eigenvalue weighted by Crippen LogP contribution is -2.38. The van der Waals surface area contributed by atoms with E-state index in [0.717, 1.165) is 49.0 Å². The van der Waals surface area contributed by atoms with E-state index in [4.69, 9.17) is 4.74 Å². The molecule has 2 N–H and O–H groups in total. The quantitative estimate of drug-likeness (QED) is 0.278. The Hall–Kier alpha value is -2.29. The van der Waals surface area contributed by atoms with Crippen LogP contribution in [0.2, 0.25) is 0 Å². The first-order chi connectivity index (χ1) is 13.7. The van der Waals surface area contributed by atoms with E-state index in [1.165, 1.54) is 11.1 Å². The molecule has 29 heavy (non-hydrogen) atoms. The molecule has 0 amide bonds. The van der Waals surface area contributed by atoms with E-state index < -0.39 is 0 Å². The summed E-state index contributed by atoms with van der Waals surface area (Å²) in [5, 5.41) is 6.71. The van der Waals surface area contributed by atoms with Crippen LogP contribution >= 0.6 is 24.0 Å². The fourth-order valence-corrected chi connectivity index (χ4v) is 3.15. The number of halogens is 1. The van der Waals surface area contributed by atoms with E-state index in [1.54, 1.807) is 7.11 Å². The van der Waals surface area contributed by atoms with Crippen molar-refractivity contribution < 1.29 is 4.74 Å². The van der Waals surface area contributed by atoms with Crippen molar-refractivity contribution in [2.75, 3.05) is 26.7 Å². The molecular weight excluding hydrogens is 477 g/mol. The SMILES string of the molecule is CCNC(=NCCc1cn2ccccc2n1)NCCc1cc(C)ccc1OC.I. The Morgan fingerprint density at radius 1 is 1.17 bits per heavy atom. The Morgan fingerprint density at radius 2 is 2.03 bits per heavy atom. The predicted molar refractivity (Wildman–Crippen MR) is 130 cm³/mol. The molecule has 2 heterocycles. The lowest BCUT2D eigenvalue weighted by atomic mass is 10.1. The first kappa shape index (κ1) is 23.0. The molecule has 6 nitrogen and oxygen atoms in total. The first-order valence-corrected chi connectivity index (χ1v) is 9.78. The lowest BCUT2D eigenvalue weighted by Gasteiger charge is -2.13. The van der Waals surface area contributed by atoms with Gasteiger partial charge in [-0.15, -0.1) is 24.0 Å². The molecule has 0 saturated heterocycles. The van der Waals surface area contributed by atoms with E-state index in [0.29, 0.717) is 6.54 Å². The molecule has 0 fully saturated rings. The van der Waals surface area contributed by atoms with E-state index in [9.17, 15) is 0 Å². The number of ether oxygens (including phenoxy) is 1. The zero-order valence-electron chi connectivity index (χ0n) is 17.3. The molecule has 3 rings (SSSR count). The molecule has 2 aromatic heterocycles. The number of nitrogens with zero attached hydrogens (tertiary/aromatic N) is 3. The fraction of sp³-hybridized carbons (Fsp3) is 0.364. The van der Waals surface area contributed by atoms with Gasteiger partial charge in [-0.1, -0.05) is 23.8 Å². The molecule has 7 heteroatoms. The number of hydrogen-bond acceptors (Lipinski definition) is 3. The molecule has 0 spiro atoms. The molecule has 0 unspecified atom stereocenters. The Bertz CT molecular complexity index is 905. The van der Waals surface area contributed by atoms with Crippen LogP contribution in [-0.4, -0.2) is 42.1 Å². The predicted octanol–water partition coefficient (Wildman–Crippen LogP) is 3.61. The number of aromatic nitrogens is 2. The number of imidazole rings is 1.